The lowest BCUT2D eigenvalue weighted by Crippen LogP contribution is -2.07. The van der Waals surface area contributed by atoms with Gasteiger partial charge in [-0.1, -0.05) is 42.5 Å². The van der Waals surface area contributed by atoms with Crippen LogP contribution in [0.2, 0.25) is 0 Å². The van der Waals surface area contributed by atoms with Crippen LogP contribution in [0.1, 0.15) is 37.2 Å². The Balaban J connectivity index is 0.991. The van der Waals surface area contributed by atoms with Gasteiger partial charge in [0, 0.05) is 0 Å². The number of hydrogen-bond acceptors (Lipinski definition) is 6. The molecule has 6 heteroatoms. The molecule has 4 atom stereocenters. The summed E-state index contributed by atoms with van der Waals surface area (Å²) in [6.45, 7) is 6.93. The monoisotopic (exact) mass is 562 g/mol. The van der Waals surface area contributed by atoms with Crippen molar-refractivity contribution in [2.24, 2.45) is 0 Å². The van der Waals surface area contributed by atoms with E-state index in [1.54, 1.807) is 0 Å². The average Bonchev–Trinajstić information content (AvgIpc) is 3.95. The van der Waals surface area contributed by atoms with Crippen molar-refractivity contribution in [3.05, 3.63) is 108 Å². The van der Waals surface area contributed by atoms with Crippen molar-refractivity contribution in [2.45, 2.75) is 38.3 Å². The Hall–Kier alpha value is -4.26. The molecule has 0 spiro atoms. The van der Waals surface area contributed by atoms with Crippen LogP contribution in [0.3, 0.4) is 0 Å². The first-order valence-corrected chi connectivity index (χ1v) is 14.6. The van der Waals surface area contributed by atoms with Gasteiger partial charge in [-0.05, 0) is 101 Å². The molecule has 42 heavy (non-hydrogen) atoms. The van der Waals surface area contributed by atoms with E-state index in [4.69, 9.17) is 28.4 Å². The molecule has 0 aromatic heterocycles. The molecule has 0 amide bonds. The van der Waals surface area contributed by atoms with Crippen molar-refractivity contribution in [1.82, 2.24) is 0 Å². The number of rotatable bonds is 12. The first-order valence-electron chi connectivity index (χ1n) is 14.6. The Bertz CT molecular complexity index is 1580. The second kappa shape index (κ2) is 11.6. The molecule has 0 aliphatic carbocycles. The molecule has 2 aliphatic heterocycles. The van der Waals surface area contributed by atoms with Crippen LogP contribution in [0, 0.1) is 0 Å². The fraction of sp³-hybridized carbons (Fsp3) is 0.278. The number of ether oxygens (including phenoxy) is 6. The topological polar surface area (TPSA) is 62.0 Å². The van der Waals surface area contributed by atoms with E-state index in [9.17, 15) is 0 Å². The molecular weight excluding hydrogens is 528 g/mol. The Morgan fingerprint density at radius 2 is 0.929 bits per heavy atom. The highest BCUT2D eigenvalue weighted by atomic mass is 16.6. The van der Waals surface area contributed by atoms with Crippen LogP contribution in [0.25, 0.3) is 21.5 Å². The van der Waals surface area contributed by atoms with Gasteiger partial charge < -0.3 is 28.4 Å². The highest BCUT2D eigenvalue weighted by Gasteiger charge is 2.23. The van der Waals surface area contributed by atoms with Crippen LogP contribution in [0.15, 0.2) is 97.1 Å². The van der Waals surface area contributed by atoms with Gasteiger partial charge >= 0.3 is 0 Å². The van der Waals surface area contributed by atoms with Crippen LogP contribution in [0.4, 0.5) is 0 Å². The predicted octanol–water partition coefficient (Wildman–Crippen LogP) is 7.83. The van der Waals surface area contributed by atoms with Gasteiger partial charge in [0.25, 0.3) is 0 Å². The molecule has 4 unspecified atom stereocenters. The summed E-state index contributed by atoms with van der Waals surface area (Å²) in [7, 11) is 0. The zero-order valence-corrected chi connectivity index (χ0v) is 23.8. The van der Waals surface area contributed by atoms with Gasteiger partial charge in [0.1, 0.15) is 60.6 Å². The molecule has 0 N–H and O–H groups in total. The van der Waals surface area contributed by atoms with Crippen LogP contribution in [-0.2, 0) is 9.47 Å². The van der Waals surface area contributed by atoms with Gasteiger partial charge in [0.05, 0.1) is 13.2 Å². The van der Waals surface area contributed by atoms with Gasteiger partial charge in [0.2, 0.25) is 0 Å². The van der Waals surface area contributed by atoms with Crippen molar-refractivity contribution < 1.29 is 28.4 Å². The maximum atomic E-state index is 6.36. The highest BCUT2D eigenvalue weighted by molar-refractivity contribution is 5.86. The van der Waals surface area contributed by atoms with E-state index >= 15 is 0 Å². The maximum absolute atomic E-state index is 6.36. The van der Waals surface area contributed by atoms with Crippen LogP contribution in [0.5, 0.6) is 23.0 Å². The lowest BCUT2D eigenvalue weighted by Gasteiger charge is -2.19. The second-order valence-electron chi connectivity index (χ2n) is 11.1. The first-order chi connectivity index (χ1) is 20.6. The smallest absolute Gasteiger partial charge is 0.121 e. The third-order valence-electron chi connectivity index (χ3n) is 7.72. The molecule has 2 aliphatic rings. The summed E-state index contributed by atoms with van der Waals surface area (Å²) in [6.07, 6.45) is 0.234. The average molecular weight is 563 g/mol. The predicted molar refractivity (Wildman–Crippen MR) is 163 cm³/mol. The summed E-state index contributed by atoms with van der Waals surface area (Å²) in [6, 6.07) is 33.0. The quantitative estimate of drug-likeness (QED) is 0.144. The van der Waals surface area contributed by atoms with Crippen LogP contribution >= 0.6 is 0 Å². The normalized spacial score (nSPS) is 18.8. The Kier molecular flexibility index (Phi) is 7.32. The minimum Gasteiger partial charge on any atom is -0.491 e. The summed E-state index contributed by atoms with van der Waals surface area (Å²) >= 11 is 0. The fourth-order valence-corrected chi connectivity index (χ4v) is 5.05. The molecule has 0 saturated carbocycles. The molecule has 0 bridgehead atoms. The van der Waals surface area contributed by atoms with Crippen LogP contribution < -0.4 is 18.9 Å². The van der Waals surface area contributed by atoms with E-state index in [1.165, 1.54) is 0 Å². The summed E-state index contributed by atoms with van der Waals surface area (Å²) < 4.78 is 34.8. The van der Waals surface area contributed by atoms with Crippen LogP contribution in [-0.4, -0.2) is 38.6 Å². The summed E-state index contributed by atoms with van der Waals surface area (Å²) in [5, 5.41) is 4.45. The van der Waals surface area contributed by atoms with Gasteiger partial charge in [-0.2, -0.15) is 0 Å². The molecule has 2 heterocycles. The summed E-state index contributed by atoms with van der Waals surface area (Å²) in [4.78, 5) is 0. The number of epoxide rings is 2. The van der Waals surface area contributed by atoms with E-state index in [1.807, 2.05) is 24.3 Å². The summed E-state index contributed by atoms with van der Waals surface area (Å²) in [5.74, 6) is 3.37. The molecule has 214 valence electrons. The molecule has 5 aromatic rings. The lowest BCUT2D eigenvalue weighted by molar-refractivity contribution is 0.220. The maximum Gasteiger partial charge on any atom is 0.121 e. The molecule has 7 rings (SSSR count). The molecular formula is C36H34O6. The van der Waals surface area contributed by atoms with Crippen molar-refractivity contribution in [3.63, 3.8) is 0 Å². The molecule has 2 fully saturated rings. The Morgan fingerprint density at radius 3 is 1.33 bits per heavy atom. The SMILES string of the molecule is CC(Oc1ccc2cc(OCC3CO3)ccc2c1)c1cccc(C(C)Oc2ccc3cc(OCC4CO4)ccc3c2)c1. The third kappa shape index (κ3) is 6.46. The van der Waals surface area contributed by atoms with Gasteiger partial charge in [-0.15, -0.1) is 0 Å². The van der Waals surface area contributed by atoms with Gasteiger partial charge in [-0.3, -0.25) is 0 Å². The molecule has 2 saturated heterocycles. The minimum absolute atomic E-state index is 0.126. The molecule has 0 radical (unpaired) electrons. The van der Waals surface area contributed by atoms with Gasteiger partial charge in [-0.25, -0.2) is 0 Å². The van der Waals surface area contributed by atoms with E-state index in [-0.39, 0.29) is 24.4 Å². The number of fused-ring (bicyclic) bond motifs is 2. The zero-order valence-electron chi connectivity index (χ0n) is 23.8. The van der Waals surface area contributed by atoms with Crippen molar-refractivity contribution in [1.29, 1.82) is 0 Å². The fourth-order valence-electron chi connectivity index (χ4n) is 5.05. The van der Waals surface area contributed by atoms with E-state index < -0.39 is 0 Å². The van der Waals surface area contributed by atoms with Gasteiger partial charge in [0.15, 0.2) is 0 Å². The van der Waals surface area contributed by atoms with E-state index in [0.717, 1.165) is 68.9 Å². The molecule has 6 nitrogen and oxygen atoms in total. The lowest BCUT2D eigenvalue weighted by atomic mass is 10.0. The number of hydrogen-bond donors (Lipinski definition) is 0. The third-order valence-corrected chi connectivity index (χ3v) is 7.72. The van der Waals surface area contributed by atoms with Crippen molar-refractivity contribution in [3.8, 4) is 23.0 Å². The standard InChI is InChI=1S/C36H34O6/c1-23(41-33-12-8-27-15-31(10-6-29(27)17-33)37-19-35-21-39-35)25-4-3-5-26(14-25)24(2)42-34-13-9-28-16-32(11-7-30(28)18-34)38-20-36-22-40-36/h3-18,23-24,35-36H,19-22H2,1-2H3. The Morgan fingerprint density at radius 1 is 0.548 bits per heavy atom. The largest absolute Gasteiger partial charge is 0.491 e. The van der Waals surface area contributed by atoms with Crippen molar-refractivity contribution >= 4 is 21.5 Å². The first kappa shape index (κ1) is 26.6. The Labute approximate surface area is 245 Å². The van der Waals surface area contributed by atoms with E-state index in [0.29, 0.717) is 13.2 Å². The second-order valence-corrected chi connectivity index (χ2v) is 11.1. The summed E-state index contributed by atoms with van der Waals surface area (Å²) in [5.41, 5.74) is 2.19. The zero-order chi connectivity index (χ0) is 28.5. The van der Waals surface area contributed by atoms with E-state index in [2.05, 4.69) is 86.6 Å². The number of benzene rings is 5. The molecule has 5 aromatic carbocycles. The van der Waals surface area contributed by atoms with Crippen molar-refractivity contribution in [2.75, 3.05) is 26.4 Å². The minimum atomic E-state index is -0.126. The highest BCUT2D eigenvalue weighted by Crippen LogP contribution is 2.31.